The van der Waals surface area contributed by atoms with E-state index in [4.69, 9.17) is 10.5 Å². The molecule has 0 heterocycles. The number of phenols is 1. The number of benzene rings is 4. The zero-order valence-corrected chi connectivity index (χ0v) is 16.3. The fourth-order valence-electron chi connectivity index (χ4n) is 3.83. The Morgan fingerprint density at radius 3 is 1.87 bits per heavy atom. The summed E-state index contributed by atoms with van der Waals surface area (Å²) in [6.45, 7) is 0. The van der Waals surface area contributed by atoms with Crippen LogP contribution in [-0.2, 0) is 0 Å². The van der Waals surface area contributed by atoms with Gasteiger partial charge in [-0.15, -0.1) is 0 Å². The van der Waals surface area contributed by atoms with Gasteiger partial charge in [0.25, 0.3) is 0 Å². The van der Waals surface area contributed by atoms with Gasteiger partial charge in [0.05, 0.1) is 16.8 Å². The van der Waals surface area contributed by atoms with E-state index in [1.807, 2.05) is 42.5 Å². The zero-order valence-electron chi connectivity index (χ0n) is 16.3. The van der Waals surface area contributed by atoms with E-state index in [-0.39, 0.29) is 39.4 Å². The summed E-state index contributed by atoms with van der Waals surface area (Å²) in [5.74, 6) is -0.589. The average molecular weight is 407 g/mol. The van der Waals surface area contributed by atoms with Crippen molar-refractivity contribution in [2.24, 2.45) is 0 Å². The van der Waals surface area contributed by atoms with Crippen molar-refractivity contribution in [3.05, 3.63) is 107 Å². The van der Waals surface area contributed by atoms with Crippen molar-refractivity contribution in [3.8, 4) is 28.4 Å². The molecule has 0 radical (unpaired) electrons. The summed E-state index contributed by atoms with van der Waals surface area (Å²) in [6, 6.07) is 25.0. The number of nitrogen functional groups attached to an aromatic ring is 1. The minimum Gasteiger partial charge on any atom is -0.507 e. The van der Waals surface area contributed by atoms with E-state index in [0.29, 0.717) is 5.75 Å². The molecule has 0 atom stereocenters. The Hall–Kier alpha value is -4.38. The van der Waals surface area contributed by atoms with Crippen LogP contribution in [0.3, 0.4) is 0 Å². The molecule has 1 aliphatic carbocycles. The molecule has 0 saturated heterocycles. The van der Waals surface area contributed by atoms with E-state index in [0.717, 1.165) is 11.1 Å². The lowest BCUT2D eigenvalue weighted by atomic mass is 9.82. The van der Waals surface area contributed by atoms with Gasteiger partial charge < -0.3 is 15.6 Å². The predicted molar refractivity (Wildman–Crippen MR) is 118 cm³/mol. The number of carbonyl (C=O) groups is 2. The molecule has 31 heavy (non-hydrogen) atoms. The first kappa shape index (κ1) is 18.6. The summed E-state index contributed by atoms with van der Waals surface area (Å²) in [5.41, 5.74) is 8.75. The number of phenolic OH excluding ortho intramolecular Hbond substituents is 1. The molecule has 5 heteroatoms. The van der Waals surface area contributed by atoms with E-state index in [1.54, 1.807) is 36.4 Å². The number of hydrogen-bond donors (Lipinski definition) is 2. The molecule has 4 aromatic rings. The fraction of sp³-hybridized carbons (Fsp3) is 0. The van der Waals surface area contributed by atoms with E-state index in [1.165, 1.54) is 6.07 Å². The highest BCUT2D eigenvalue weighted by molar-refractivity contribution is 6.31. The van der Waals surface area contributed by atoms with Gasteiger partial charge in [-0.05, 0) is 23.3 Å². The Bertz CT molecular complexity index is 1340. The second-order valence-corrected chi connectivity index (χ2v) is 7.25. The molecule has 150 valence electrons. The topological polar surface area (TPSA) is 89.6 Å². The molecule has 1 aliphatic rings. The molecular formula is C26H17NO4. The maximum atomic E-state index is 13.0. The Morgan fingerprint density at radius 2 is 1.23 bits per heavy atom. The monoisotopic (exact) mass is 407 g/mol. The highest BCUT2D eigenvalue weighted by Crippen LogP contribution is 2.42. The van der Waals surface area contributed by atoms with Crippen LogP contribution in [-0.4, -0.2) is 16.7 Å². The molecule has 0 spiro atoms. The molecular weight excluding hydrogens is 390 g/mol. The van der Waals surface area contributed by atoms with Gasteiger partial charge in [-0.1, -0.05) is 66.7 Å². The summed E-state index contributed by atoms with van der Waals surface area (Å²) in [5, 5.41) is 10.5. The number of ketones is 2. The van der Waals surface area contributed by atoms with Gasteiger partial charge in [-0.3, -0.25) is 9.59 Å². The molecule has 4 aromatic carbocycles. The number of aromatic hydroxyl groups is 1. The third kappa shape index (κ3) is 3.04. The van der Waals surface area contributed by atoms with Gasteiger partial charge in [0.2, 0.25) is 0 Å². The molecule has 3 N–H and O–H groups in total. The van der Waals surface area contributed by atoms with Crippen LogP contribution in [0.25, 0.3) is 11.1 Å². The normalized spacial score (nSPS) is 12.3. The smallest absolute Gasteiger partial charge is 0.198 e. The Balaban J connectivity index is 1.53. The fourth-order valence-corrected chi connectivity index (χ4v) is 3.83. The molecule has 0 amide bonds. The molecule has 5 nitrogen and oxygen atoms in total. The van der Waals surface area contributed by atoms with E-state index in [9.17, 15) is 14.7 Å². The quantitative estimate of drug-likeness (QED) is 0.317. The summed E-state index contributed by atoms with van der Waals surface area (Å²) < 4.78 is 5.87. The molecule has 0 aliphatic heterocycles. The lowest BCUT2D eigenvalue weighted by molar-refractivity contribution is 0.0977. The van der Waals surface area contributed by atoms with E-state index < -0.39 is 11.6 Å². The minimum atomic E-state index is -0.437. The molecule has 0 fully saturated rings. The van der Waals surface area contributed by atoms with Crippen LogP contribution in [0.2, 0.25) is 0 Å². The van der Waals surface area contributed by atoms with Gasteiger partial charge in [0, 0.05) is 17.2 Å². The van der Waals surface area contributed by atoms with Crippen LogP contribution in [0, 0.1) is 0 Å². The molecule has 0 bridgehead atoms. The summed E-state index contributed by atoms with van der Waals surface area (Å²) in [7, 11) is 0. The number of hydrogen-bond acceptors (Lipinski definition) is 5. The number of nitrogens with two attached hydrogens (primary N) is 1. The number of rotatable bonds is 3. The number of carbonyl (C=O) groups excluding carboxylic acids is 2. The summed E-state index contributed by atoms with van der Waals surface area (Å²) in [4.78, 5) is 25.9. The SMILES string of the molecule is Nc1c(Oc2ccc(-c3ccccc3)cc2)cc(O)c2c1C(=O)c1ccccc1C2=O. The van der Waals surface area contributed by atoms with Crippen molar-refractivity contribution in [2.45, 2.75) is 0 Å². The standard InChI is InChI=1S/C26H17NO4/c27-24-21(31-17-12-10-16(11-13-17)15-6-2-1-3-7-15)14-20(28)22-23(24)26(30)19-9-5-4-8-18(19)25(22)29/h1-14,28H,27H2. The van der Waals surface area contributed by atoms with Crippen LogP contribution in [0.1, 0.15) is 31.8 Å². The van der Waals surface area contributed by atoms with Crippen molar-refractivity contribution < 1.29 is 19.4 Å². The van der Waals surface area contributed by atoms with Gasteiger partial charge in [0.15, 0.2) is 17.3 Å². The van der Waals surface area contributed by atoms with Crippen LogP contribution in [0.15, 0.2) is 84.9 Å². The first-order valence-corrected chi connectivity index (χ1v) is 9.72. The van der Waals surface area contributed by atoms with Crippen molar-refractivity contribution >= 4 is 17.3 Å². The second-order valence-electron chi connectivity index (χ2n) is 7.25. The second kappa shape index (κ2) is 7.15. The largest absolute Gasteiger partial charge is 0.507 e. The van der Waals surface area contributed by atoms with Crippen molar-refractivity contribution in [1.29, 1.82) is 0 Å². The highest BCUT2D eigenvalue weighted by Gasteiger charge is 2.35. The third-order valence-corrected chi connectivity index (χ3v) is 5.37. The summed E-state index contributed by atoms with van der Waals surface area (Å²) >= 11 is 0. The number of anilines is 1. The number of fused-ring (bicyclic) bond motifs is 2. The van der Waals surface area contributed by atoms with Gasteiger partial charge in [-0.2, -0.15) is 0 Å². The lowest BCUT2D eigenvalue weighted by Gasteiger charge is -2.21. The van der Waals surface area contributed by atoms with Crippen LogP contribution >= 0.6 is 0 Å². The van der Waals surface area contributed by atoms with Crippen LogP contribution in [0.5, 0.6) is 17.2 Å². The van der Waals surface area contributed by atoms with Gasteiger partial charge >= 0.3 is 0 Å². The van der Waals surface area contributed by atoms with Crippen molar-refractivity contribution in [3.63, 3.8) is 0 Å². The Kier molecular flexibility index (Phi) is 4.30. The number of ether oxygens (including phenoxy) is 1. The van der Waals surface area contributed by atoms with Gasteiger partial charge in [0.1, 0.15) is 11.5 Å². The molecule has 5 rings (SSSR count). The predicted octanol–water partition coefficient (Wildman–Crippen LogP) is 5.21. The van der Waals surface area contributed by atoms with Crippen molar-refractivity contribution in [2.75, 3.05) is 5.73 Å². The first-order valence-electron chi connectivity index (χ1n) is 9.72. The summed E-state index contributed by atoms with van der Waals surface area (Å²) in [6.07, 6.45) is 0. The van der Waals surface area contributed by atoms with Crippen LogP contribution < -0.4 is 10.5 Å². The zero-order chi connectivity index (χ0) is 21.5. The van der Waals surface area contributed by atoms with Gasteiger partial charge in [-0.25, -0.2) is 0 Å². The maximum absolute atomic E-state index is 13.0. The Morgan fingerprint density at radius 1 is 0.677 bits per heavy atom. The molecule has 0 aromatic heterocycles. The lowest BCUT2D eigenvalue weighted by Crippen LogP contribution is -2.22. The average Bonchev–Trinajstić information content (AvgIpc) is 2.80. The highest BCUT2D eigenvalue weighted by atomic mass is 16.5. The molecule has 0 saturated carbocycles. The van der Waals surface area contributed by atoms with Crippen molar-refractivity contribution in [1.82, 2.24) is 0 Å². The third-order valence-electron chi connectivity index (χ3n) is 5.37. The van der Waals surface area contributed by atoms with Crippen LogP contribution in [0.4, 0.5) is 5.69 Å². The Labute approximate surface area is 178 Å². The molecule has 0 unspecified atom stereocenters. The first-order chi connectivity index (χ1) is 15.0. The maximum Gasteiger partial charge on any atom is 0.198 e. The van der Waals surface area contributed by atoms with E-state index >= 15 is 0 Å². The minimum absolute atomic E-state index is 0.0211. The van der Waals surface area contributed by atoms with E-state index in [2.05, 4.69) is 0 Å².